The lowest BCUT2D eigenvalue weighted by Crippen LogP contribution is -2.03. The number of hydrogen-bond donors (Lipinski definition) is 0. The first-order chi connectivity index (χ1) is 9.08. The van der Waals surface area contributed by atoms with Gasteiger partial charge in [0.1, 0.15) is 16.1 Å². The molecule has 0 N–H and O–H groups in total. The van der Waals surface area contributed by atoms with Crippen molar-refractivity contribution in [3.63, 3.8) is 0 Å². The molecule has 2 nitrogen and oxygen atoms in total. The molecule has 1 aromatic heterocycles. The minimum atomic E-state index is 0.225. The van der Waals surface area contributed by atoms with Crippen LogP contribution in [0, 0.1) is 0 Å². The maximum absolute atomic E-state index is 6.18. The van der Waals surface area contributed by atoms with Gasteiger partial charge in [0.25, 0.3) is 0 Å². The maximum Gasteiger partial charge on any atom is 0.137 e. The van der Waals surface area contributed by atoms with E-state index in [4.69, 9.17) is 23.2 Å². The standard InChI is InChI=1S/C15H16Cl2N2/c1-10(2)13-14(16)18-12(19-15(13)17)9-8-11-6-4-3-5-7-11/h3-7,10H,8-9H2,1-2H3. The minimum Gasteiger partial charge on any atom is -0.221 e. The van der Waals surface area contributed by atoms with Gasteiger partial charge < -0.3 is 0 Å². The number of halogens is 2. The van der Waals surface area contributed by atoms with Crippen LogP contribution in [0.5, 0.6) is 0 Å². The van der Waals surface area contributed by atoms with Gasteiger partial charge >= 0.3 is 0 Å². The van der Waals surface area contributed by atoms with Crippen LogP contribution in [-0.4, -0.2) is 9.97 Å². The summed E-state index contributed by atoms with van der Waals surface area (Å²) in [5.41, 5.74) is 2.08. The number of benzene rings is 1. The predicted octanol–water partition coefficient (Wildman–Crippen LogP) is 4.69. The van der Waals surface area contributed by atoms with Gasteiger partial charge in [-0.15, -0.1) is 0 Å². The Kier molecular flexibility index (Phi) is 4.78. The molecule has 0 radical (unpaired) electrons. The molecule has 0 fully saturated rings. The zero-order valence-corrected chi connectivity index (χ0v) is 12.5. The predicted molar refractivity (Wildman–Crippen MR) is 80.0 cm³/mol. The van der Waals surface area contributed by atoms with Crippen LogP contribution in [0.2, 0.25) is 10.3 Å². The fourth-order valence-electron chi connectivity index (χ4n) is 1.95. The summed E-state index contributed by atoms with van der Waals surface area (Å²) in [6.07, 6.45) is 1.62. The van der Waals surface area contributed by atoms with Crippen molar-refractivity contribution in [1.29, 1.82) is 0 Å². The van der Waals surface area contributed by atoms with Crippen molar-refractivity contribution >= 4 is 23.2 Å². The Balaban J connectivity index is 2.14. The topological polar surface area (TPSA) is 25.8 Å². The van der Waals surface area contributed by atoms with Crippen molar-refractivity contribution in [1.82, 2.24) is 9.97 Å². The molecule has 0 unspecified atom stereocenters. The average Bonchev–Trinajstić information content (AvgIpc) is 2.36. The number of rotatable bonds is 4. The normalized spacial score (nSPS) is 11.0. The van der Waals surface area contributed by atoms with Crippen molar-refractivity contribution < 1.29 is 0 Å². The van der Waals surface area contributed by atoms with Gasteiger partial charge in [0.05, 0.1) is 0 Å². The molecule has 0 saturated carbocycles. The third-order valence-corrected chi connectivity index (χ3v) is 3.53. The Morgan fingerprint density at radius 1 is 0.947 bits per heavy atom. The zero-order chi connectivity index (χ0) is 13.8. The second-order valence-corrected chi connectivity index (χ2v) is 5.49. The number of nitrogens with zero attached hydrogens (tertiary/aromatic N) is 2. The quantitative estimate of drug-likeness (QED) is 0.765. The molecular weight excluding hydrogens is 279 g/mol. The first-order valence-electron chi connectivity index (χ1n) is 6.33. The van der Waals surface area contributed by atoms with Gasteiger partial charge in [0, 0.05) is 12.0 Å². The third-order valence-electron chi connectivity index (χ3n) is 2.96. The first kappa shape index (κ1) is 14.3. The molecule has 0 bridgehead atoms. The highest BCUT2D eigenvalue weighted by molar-refractivity contribution is 6.34. The van der Waals surface area contributed by atoms with Crippen LogP contribution in [0.4, 0.5) is 0 Å². The molecule has 2 aromatic rings. The van der Waals surface area contributed by atoms with Crippen LogP contribution in [0.25, 0.3) is 0 Å². The molecule has 2 rings (SSSR count). The molecular formula is C15H16Cl2N2. The fraction of sp³-hybridized carbons (Fsp3) is 0.333. The molecule has 1 aromatic carbocycles. The Hall–Kier alpha value is -1.12. The van der Waals surface area contributed by atoms with Crippen molar-refractivity contribution in [3.05, 3.63) is 57.6 Å². The van der Waals surface area contributed by atoms with E-state index in [9.17, 15) is 0 Å². The van der Waals surface area contributed by atoms with E-state index in [2.05, 4.69) is 22.1 Å². The fourth-order valence-corrected chi connectivity index (χ4v) is 2.81. The number of hydrogen-bond acceptors (Lipinski definition) is 2. The van der Waals surface area contributed by atoms with E-state index in [0.29, 0.717) is 16.1 Å². The van der Waals surface area contributed by atoms with E-state index in [1.807, 2.05) is 32.0 Å². The number of aryl methyl sites for hydroxylation is 2. The zero-order valence-electron chi connectivity index (χ0n) is 11.0. The Labute approximate surface area is 123 Å². The summed E-state index contributed by atoms with van der Waals surface area (Å²) >= 11 is 12.4. The Morgan fingerprint density at radius 2 is 1.53 bits per heavy atom. The van der Waals surface area contributed by atoms with E-state index in [1.54, 1.807) is 0 Å². The molecule has 100 valence electrons. The van der Waals surface area contributed by atoms with Crippen LogP contribution < -0.4 is 0 Å². The summed E-state index contributed by atoms with van der Waals surface area (Å²) in [5, 5.41) is 0.941. The molecule has 0 atom stereocenters. The van der Waals surface area contributed by atoms with E-state index < -0.39 is 0 Å². The summed E-state index contributed by atoms with van der Waals surface area (Å²) in [7, 11) is 0. The molecule has 4 heteroatoms. The summed E-state index contributed by atoms with van der Waals surface area (Å²) in [4.78, 5) is 8.68. The molecule has 0 aliphatic rings. The van der Waals surface area contributed by atoms with Crippen molar-refractivity contribution in [2.75, 3.05) is 0 Å². The summed E-state index contributed by atoms with van der Waals surface area (Å²) in [6.45, 7) is 4.06. The van der Waals surface area contributed by atoms with Crippen molar-refractivity contribution in [2.45, 2.75) is 32.6 Å². The lowest BCUT2D eigenvalue weighted by Gasteiger charge is -2.10. The molecule has 0 amide bonds. The van der Waals surface area contributed by atoms with Crippen LogP contribution in [0.15, 0.2) is 30.3 Å². The third kappa shape index (κ3) is 3.68. The molecule has 19 heavy (non-hydrogen) atoms. The number of aromatic nitrogens is 2. The van der Waals surface area contributed by atoms with E-state index in [0.717, 1.165) is 18.4 Å². The van der Waals surface area contributed by atoms with E-state index >= 15 is 0 Å². The Morgan fingerprint density at radius 3 is 2.05 bits per heavy atom. The van der Waals surface area contributed by atoms with Gasteiger partial charge in [-0.1, -0.05) is 67.4 Å². The van der Waals surface area contributed by atoms with Gasteiger partial charge in [-0.2, -0.15) is 0 Å². The lowest BCUT2D eigenvalue weighted by molar-refractivity contribution is 0.807. The maximum atomic E-state index is 6.18. The average molecular weight is 295 g/mol. The van der Waals surface area contributed by atoms with E-state index in [-0.39, 0.29) is 5.92 Å². The van der Waals surface area contributed by atoms with Crippen molar-refractivity contribution in [3.8, 4) is 0 Å². The smallest absolute Gasteiger partial charge is 0.137 e. The highest BCUT2D eigenvalue weighted by atomic mass is 35.5. The first-order valence-corrected chi connectivity index (χ1v) is 7.09. The van der Waals surface area contributed by atoms with Crippen LogP contribution in [0.1, 0.15) is 36.7 Å². The van der Waals surface area contributed by atoms with Crippen LogP contribution >= 0.6 is 23.2 Å². The van der Waals surface area contributed by atoms with Gasteiger partial charge in [-0.05, 0) is 17.9 Å². The van der Waals surface area contributed by atoms with E-state index in [1.165, 1.54) is 5.56 Å². The molecule has 0 saturated heterocycles. The second-order valence-electron chi connectivity index (χ2n) is 4.78. The molecule has 0 aliphatic carbocycles. The van der Waals surface area contributed by atoms with Gasteiger partial charge in [-0.25, -0.2) is 9.97 Å². The van der Waals surface area contributed by atoms with Gasteiger partial charge in [-0.3, -0.25) is 0 Å². The molecule has 1 heterocycles. The van der Waals surface area contributed by atoms with Crippen LogP contribution in [0.3, 0.4) is 0 Å². The molecule has 0 spiro atoms. The second kappa shape index (κ2) is 6.36. The summed E-state index contributed by atoms with van der Waals surface area (Å²) in [5.74, 6) is 0.923. The SMILES string of the molecule is CC(C)c1c(Cl)nc(CCc2ccccc2)nc1Cl. The lowest BCUT2D eigenvalue weighted by atomic mass is 10.1. The van der Waals surface area contributed by atoms with Gasteiger partial charge in [0.15, 0.2) is 0 Å². The highest BCUT2D eigenvalue weighted by Crippen LogP contribution is 2.28. The van der Waals surface area contributed by atoms with Crippen molar-refractivity contribution in [2.24, 2.45) is 0 Å². The van der Waals surface area contributed by atoms with Crippen LogP contribution in [-0.2, 0) is 12.8 Å². The summed E-state index contributed by atoms with van der Waals surface area (Å²) in [6, 6.07) is 10.2. The summed E-state index contributed by atoms with van der Waals surface area (Å²) < 4.78 is 0. The monoisotopic (exact) mass is 294 g/mol. The van der Waals surface area contributed by atoms with Gasteiger partial charge in [0.2, 0.25) is 0 Å². The Bertz CT molecular complexity index is 530. The largest absolute Gasteiger partial charge is 0.221 e. The highest BCUT2D eigenvalue weighted by Gasteiger charge is 2.14. The molecule has 0 aliphatic heterocycles. The minimum absolute atomic E-state index is 0.225.